The van der Waals surface area contributed by atoms with Crippen LogP contribution in [0.5, 0.6) is 0 Å². The van der Waals surface area contributed by atoms with Gasteiger partial charge in [-0.3, -0.25) is 0 Å². The number of nitrogens with zero attached hydrogens (tertiary/aromatic N) is 3. The molecule has 1 atom stereocenters. The number of hydrogen-bond acceptors (Lipinski definition) is 4. The first-order chi connectivity index (χ1) is 11.0. The Balaban J connectivity index is 1.97. The second kappa shape index (κ2) is 6.43. The molecular formula is C16H21N3O3S. The third-order valence-corrected chi connectivity index (χ3v) is 5.89. The van der Waals surface area contributed by atoms with E-state index < -0.39 is 10.0 Å². The molecule has 2 heterocycles. The summed E-state index contributed by atoms with van der Waals surface area (Å²) in [4.78, 5) is 4.48. The molecule has 1 aliphatic rings. The van der Waals surface area contributed by atoms with Crippen molar-refractivity contribution >= 4 is 10.0 Å². The summed E-state index contributed by atoms with van der Waals surface area (Å²) in [6, 6.07) is 7.03. The molecule has 2 aromatic rings. The lowest BCUT2D eigenvalue weighted by atomic mass is 10.1. The lowest BCUT2D eigenvalue weighted by molar-refractivity contribution is 0.134. The van der Waals surface area contributed by atoms with Gasteiger partial charge in [0.05, 0.1) is 30.1 Å². The quantitative estimate of drug-likeness (QED) is 0.852. The maximum Gasteiger partial charge on any atom is 0.243 e. The van der Waals surface area contributed by atoms with Crippen molar-refractivity contribution in [2.45, 2.75) is 24.9 Å². The summed E-state index contributed by atoms with van der Waals surface area (Å²) < 4.78 is 34.9. The summed E-state index contributed by atoms with van der Waals surface area (Å²) in [6.45, 7) is 3.88. The van der Waals surface area contributed by atoms with Crippen LogP contribution < -0.4 is 0 Å². The van der Waals surface area contributed by atoms with Crippen molar-refractivity contribution in [1.82, 2.24) is 13.9 Å². The van der Waals surface area contributed by atoms with Crippen LogP contribution in [-0.4, -0.2) is 42.5 Å². The third kappa shape index (κ3) is 3.31. The maximum atomic E-state index is 13.0. The highest BCUT2D eigenvalue weighted by Gasteiger charge is 2.31. The minimum Gasteiger partial charge on any atom is -0.384 e. The molecule has 124 valence electrons. The van der Waals surface area contributed by atoms with Gasteiger partial charge in [-0.1, -0.05) is 12.1 Å². The van der Waals surface area contributed by atoms with E-state index >= 15 is 0 Å². The van der Waals surface area contributed by atoms with Gasteiger partial charge in [-0.25, -0.2) is 13.4 Å². The summed E-state index contributed by atoms with van der Waals surface area (Å²) in [6.07, 6.45) is 3.48. The van der Waals surface area contributed by atoms with Crippen LogP contribution in [0.2, 0.25) is 0 Å². The fourth-order valence-electron chi connectivity index (χ4n) is 2.96. The molecule has 0 aliphatic carbocycles. The second-order valence-corrected chi connectivity index (χ2v) is 7.91. The molecule has 0 amide bonds. The molecule has 0 unspecified atom stereocenters. The average Bonchev–Trinajstić information content (AvgIpc) is 2.86. The molecule has 1 aliphatic heterocycles. The molecule has 3 rings (SSSR count). The normalized spacial score (nSPS) is 19.3. The van der Waals surface area contributed by atoms with Gasteiger partial charge in [0.1, 0.15) is 0 Å². The minimum atomic E-state index is -3.54. The SMILES string of the molecule is COC[C@@H]1CN(S(=O)(=O)c2cccc(C)c2)Cc2cncn2C1. The summed E-state index contributed by atoms with van der Waals surface area (Å²) in [5.41, 5.74) is 1.83. The Labute approximate surface area is 136 Å². The molecule has 0 radical (unpaired) electrons. The number of rotatable bonds is 4. The molecule has 0 N–H and O–H groups in total. The first-order valence-electron chi connectivity index (χ1n) is 7.55. The lowest BCUT2D eigenvalue weighted by Gasteiger charge is -2.23. The van der Waals surface area contributed by atoms with Gasteiger partial charge in [-0.2, -0.15) is 4.31 Å². The summed E-state index contributed by atoms with van der Waals surface area (Å²) in [5, 5.41) is 0. The Hall–Kier alpha value is -1.70. The van der Waals surface area contributed by atoms with Gasteiger partial charge < -0.3 is 9.30 Å². The van der Waals surface area contributed by atoms with Gasteiger partial charge in [0.25, 0.3) is 0 Å². The Morgan fingerprint density at radius 1 is 1.35 bits per heavy atom. The molecule has 7 heteroatoms. The minimum absolute atomic E-state index is 0.0926. The van der Waals surface area contributed by atoms with E-state index in [0.29, 0.717) is 31.1 Å². The molecule has 0 bridgehead atoms. The van der Waals surface area contributed by atoms with E-state index in [-0.39, 0.29) is 5.92 Å². The lowest BCUT2D eigenvalue weighted by Crippen LogP contribution is -2.35. The number of benzene rings is 1. The third-order valence-electron chi connectivity index (χ3n) is 4.08. The predicted molar refractivity (Wildman–Crippen MR) is 86.4 cm³/mol. The molecule has 0 fully saturated rings. The number of fused-ring (bicyclic) bond motifs is 1. The van der Waals surface area contributed by atoms with E-state index in [1.54, 1.807) is 37.8 Å². The predicted octanol–water partition coefficient (Wildman–Crippen LogP) is 1.66. The Bertz CT molecular complexity index is 785. The Kier molecular flexibility index (Phi) is 4.52. The summed E-state index contributed by atoms with van der Waals surface area (Å²) in [5.74, 6) is 0.0926. The molecule has 0 saturated heterocycles. The highest BCUT2D eigenvalue weighted by molar-refractivity contribution is 7.89. The van der Waals surface area contributed by atoms with Crippen molar-refractivity contribution in [2.24, 2.45) is 5.92 Å². The highest BCUT2D eigenvalue weighted by atomic mass is 32.2. The molecule has 6 nitrogen and oxygen atoms in total. The monoisotopic (exact) mass is 335 g/mol. The van der Waals surface area contributed by atoms with E-state index in [2.05, 4.69) is 4.98 Å². The smallest absolute Gasteiger partial charge is 0.243 e. The van der Waals surface area contributed by atoms with Crippen LogP contribution in [0.1, 0.15) is 11.3 Å². The van der Waals surface area contributed by atoms with Crippen LogP contribution in [0.25, 0.3) is 0 Å². The largest absolute Gasteiger partial charge is 0.384 e. The number of aryl methyl sites for hydroxylation is 1. The van der Waals surface area contributed by atoms with E-state index in [1.807, 2.05) is 17.6 Å². The molecular weight excluding hydrogens is 314 g/mol. The number of ether oxygens (including phenoxy) is 1. The van der Waals surface area contributed by atoms with Crippen LogP contribution in [0.15, 0.2) is 41.7 Å². The van der Waals surface area contributed by atoms with E-state index in [4.69, 9.17) is 4.74 Å². The van der Waals surface area contributed by atoms with Gasteiger partial charge in [-0.05, 0) is 24.6 Å². The van der Waals surface area contributed by atoms with Gasteiger partial charge in [0.15, 0.2) is 0 Å². The Morgan fingerprint density at radius 2 is 2.17 bits per heavy atom. The molecule has 23 heavy (non-hydrogen) atoms. The van der Waals surface area contributed by atoms with Gasteiger partial charge in [0, 0.05) is 32.3 Å². The zero-order valence-corrected chi connectivity index (χ0v) is 14.2. The number of imidazole rings is 1. The van der Waals surface area contributed by atoms with Crippen LogP contribution in [-0.2, 0) is 27.8 Å². The van der Waals surface area contributed by atoms with Crippen molar-refractivity contribution in [3.63, 3.8) is 0 Å². The van der Waals surface area contributed by atoms with Crippen molar-refractivity contribution in [2.75, 3.05) is 20.3 Å². The summed E-state index contributed by atoms with van der Waals surface area (Å²) in [7, 11) is -1.91. The highest BCUT2D eigenvalue weighted by Crippen LogP contribution is 2.24. The molecule has 0 saturated carbocycles. The first-order valence-corrected chi connectivity index (χ1v) is 8.99. The average molecular weight is 335 g/mol. The van der Waals surface area contributed by atoms with E-state index in [0.717, 1.165) is 11.3 Å². The second-order valence-electron chi connectivity index (χ2n) is 5.97. The number of sulfonamides is 1. The Morgan fingerprint density at radius 3 is 2.91 bits per heavy atom. The van der Waals surface area contributed by atoms with E-state index in [9.17, 15) is 8.42 Å². The zero-order chi connectivity index (χ0) is 16.4. The number of methoxy groups -OCH3 is 1. The molecule has 1 aromatic carbocycles. The van der Waals surface area contributed by atoms with Crippen LogP contribution in [0.4, 0.5) is 0 Å². The van der Waals surface area contributed by atoms with Crippen LogP contribution >= 0.6 is 0 Å². The zero-order valence-electron chi connectivity index (χ0n) is 13.3. The van der Waals surface area contributed by atoms with Gasteiger partial charge in [-0.15, -0.1) is 0 Å². The van der Waals surface area contributed by atoms with Crippen molar-refractivity contribution in [3.05, 3.63) is 48.0 Å². The van der Waals surface area contributed by atoms with Crippen LogP contribution in [0, 0.1) is 12.8 Å². The van der Waals surface area contributed by atoms with Crippen LogP contribution in [0.3, 0.4) is 0 Å². The molecule has 0 spiro atoms. The topological polar surface area (TPSA) is 64.4 Å². The van der Waals surface area contributed by atoms with E-state index in [1.165, 1.54) is 4.31 Å². The van der Waals surface area contributed by atoms with Crippen molar-refractivity contribution in [1.29, 1.82) is 0 Å². The summed E-state index contributed by atoms with van der Waals surface area (Å²) >= 11 is 0. The van der Waals surface area contributed by atoms with Gasteiger partial charge >= 0.3 is 0 Å². The fourth-order valence-corrected chi connectivity index (χ4v) is 4.56. The molecule has 1 aromatic heterocycles. The number of aromatic nitrogens is 2. The van der Waals surface area contributed by atoms with Crippen molar-refractivity contribution in [3.8, 4) is 0 Å². The first kappa shape index (κ1) is 16.2. The standard InChI is InChI=1S/C16H21N3O3S/c1-13-4-3-5-16(6-13)23(20,21)19-9-14(11-22-2)8-18-12-17-7-15(18)10-19/h3-7,12,14H,8-11H2,1-2H3/t14-/m0/s1. The number of hydrogen-bond donors (Lipinski definition) is 0. The van der Waals surface area contributed by atoms with Gasteiger partial charge in [0.2, 0.25) is 10.0 Å². The maximum absolute atomic E-state index is 13.0. The fraction of sp³-hybridized carbons (Fsp3) is 0.438. The van der Waals surface area contributed by atoms with Crippen molar-refractivity contribution < 1.29 is 13.2 Å².